The molecule has 0 heterocycles. The van der Waals surface area contributed by atoms with Gasteiger partial charge in [0.15, 0.2) is 0 Å². The smallest absolute Gasteiger partial charge is 0.0897 e. The van der Waals surface area contributed by atoms with Crippen LogP contribution in [-0.4, -0.2) is 36.5 Å². The number of aliphatic hydroxyl groups excluding tert-OH is 1. The van der Waals surface area contributed by atoms with Gasteiger partial charge < -0.3 is 15.2 Å². The maximum Gasteiger partial charge on any atom is 0.0897 e. The Morgan fingerprint density at radius 2 is 1.95 bits per heavy atom. The predicted octanol–water partition coefficient (Wildman–Crippen LogP) is 3.11. The van der Waals surface area contributed by atoms with E-state index in [1.165, 1.54) is 32.1 Å². The van der Waals surface area contributed by atoms with Gasteiger partial charge in [0.05, 0.1) is 18.8 Å². The van der Waals surface area contributed by atoms with Crippen molar-refractivity contribution in [3.05, 3.63) is 0 Å². The van der Waals surface area contributed by atoms with Crippen LogP contribution in [0.4, 0.5) is 0 Å². The molecule has 0 spiro atoms. The summed E-state index contributed by atoms with van der Waals surface area (Å²) in [5.74, 6) is 0.853. The van der Waals surface area contributed by atoms with Gasteiger partial charge >= 0.3 is 0 Å². The molecule has 0 bridgehead atoms. The monoisotopic (exact) mass is 271 g/mol. The molecule has 3 nitrogen and oxygen atoms in total. The van der Waals surface area contributed by atoms with Crippen LogP contribution in [0.2, 0.25) is 0 Å². The summed E-state index contributed by atoms with van der Waals surface area (Å²) in [6.07, 6.45) is 8.54. The lowest BCUT2D eigenvalue weighted by molar-refractivity contribution is -0.0283. The highest BCUT2D eigenvalue weighted by Gasteiger charge is 2.19. The fourth-order valence-electron chi connectivity index (χ4n) is 2.65. The molecule has 2 N–H and O–H groups in total. The molecule has 0 aromatic carbocycles. The van der Waals surface area contributed by atoms with Gasteiger partial charge in [-0.2, -0.15) is 0 Å². The zero-order valence-electron chi connectivity index (χ0n) is 13.0. The van der Waals surface area contributed by atoms with Crippen LogP contribution < -0.4 is 5.32 Å². The first kappa shape index (κ1) is 16.9. The molecule has 1 rings (SSSR count). The van der Waals surface area contributed by atoms with Crippen molar-refractivity contribution in [3.63, 3.8) is 0 Å². The van der Waals surface area contributed by atoms with Crippen molar-refractivity contribution in [3.8, 4) is 0 Å². The topological polar surface area (TPSA) is 41.5 Å². The quantitative estimate of drug-likeness (QED) is 0.677. The predicted molar refractivity (Wildman–Crippen MR) is 80.4 cm³/mol. The van der Waals surface area contributed by atoms with Crippen molar-refractivity contribution in [1.29, 1.82) is 0 Å². The van der Waals surface area contributed by atoms with E-state index >= 15 is 0 Å². The molecule has 0 aliphatic heterocycles. The summed E-state index contributed by atoms with van der Waals surface area (Å²) >= 11 is 0. The fraction of sp³-hybridized carbons (Fsp3) is 1.00. The van der Waals surface area contributed by atoms with E-state index in [1.54, 1.807) is 0 Å². The number of ether oxygens (including phenoxy) is 1. The van der Waals surface area contributed by atoms with Gasteiger partial charge in [-0.3, -0.25) is 0 Å². The van der Waals surface area contributed by atoms with Crippen LogP contribution >= 0.6 is 0 Å². The van der Waals surface area contributed by atoms with Crippen molar-refractivity contribution < 1.29 is 9.84 Å². The van der Waals surface area contributed by atoms with E-state index in [9.17, 15) is 5.11 Å². The summed E-state index contributed by atoms with van der Waals surface area (Å²) < 4.78 is 5.82. The Bertz CT molecular complexity index is 215. The van der Waals surface area contributed by atoms with Crippen molar-refractivity contribution in [2.24, 2.45) is 5.92 Å². The molecule has 0 aromatic rings. The van der Waals surface area contributed by atoms with E-state index < -0.39 is 0 Å². The first-order valence-electron chi connectivity index (χ1n) is 8.14. The Hall–Kier alpha value is -0.120. The normalized spacial score (nSPS) is 27.2. The lowest BCUT2D eigenvalue weighted by Gasteiger charge is -2.27. The highest BCUT2D eigenvalue weighted by atomic mass is 16.5. The van der Waals surface area contributed by atoms with Gasteiger partial charge in [0.1, 0.15) is 0 Å². The molecule has 19 heavy (non-hydrogen) atoms. The van der Waals surface area contributed by atoms with Gasteiger partial charge in [-0.15, -0.1) is 0 Å². The van der Waals surface area contributed by atoms with Crippen molar-refractivity contribution in [2.45, 2.75) is 84.0 Å². The SMILES string of the molecule is CCCCC(C)NCC(O)COC1CCC(C)CC1. The number of hydrogen-bond donors (Lipinski definition) is 2. The summed E-state index contributed by atoms with van der Waals surface area (Å²) in [5.41, 5.74) is 0. The Morgan fingerprint density at radius 3 is 2.58 bits per heavy atom. The molecular weight excluding hydrogens is 238 g/mol. The van der Waals surface area contributed by atoms with Gasteiger partial charge in [-0.05, 0) is 44.9 Å². The van der Waals surface area contributed by atoms with E-state index in [1.807, 2.05) is 0 Å². The lowest BCUT2D eigenvalue weighted by atomic mass is 9.89. The van der Waals surface area contributed by atoms with Gasteiger partial charge in [0, 0.05) is 12.6 Å². The maximum atomic E-state index is 9.92. The molecular formula is C16H33NO2. The lowest BCUT2D eigenvalue weighted by Crippen LogP contribution is -2.37. The average molecular weight is 271 g/mol. The molecule has 1 aliphatic carbocycles. The standard InChI is InChI=1S/C16H33NO2/c1-4-5-6-14(3)17-11-15(18)12-19-16-9-7-13(2)8-10-16/h13-18H,4-12H2,1-3H3. The second-order valence-electron chi connectivity index (χ2n) is 6.32. The minimum Gasteiger partial charge on any atom is -0.389 e. The van der Waals surface area contributed by atoms with Crippen LogP contribution in [0.5, 0.6) is 0 Å². The molecule has 114 valence electrons. The number of rotatable bonds is 9. The molecule has 2 atom stereocenters. The molecule has 1 aliphatic rings. The number of unbranched alkanes of at least 4 members (excludes halogenated alkanes) is 1. The largest absolute Gasteiger partial charge is 0.389 e. The van der Waals surface area contributed by atoms with Crippen LogP contribution in [0.15, 0.2) is 0 Å². The minimum absolute atomic E-state index is 0.372. The molecule has 0 saturated heterocycles. The Kier molecular flexibility index (Phi) is 8.67. The Morgan fingerprint density at radius 1 is 1.26 bits per heavy atom. The first-order valence-corrected chi connectivity index (χ1v) is 8.14. The zero-order chi connectivity index (χ0) is 14.1. The van der Waals surface area contributed by atoms with Crippen LogP contribution in [0, 0.1) is 5.92 Å². The van der Waals surface area contributed by atoms with Gasteiger partial charge in [-0.1, -0.05) is 26.7 Å². The fourth-order valence-corrected chi connectivity index (χ4v) is 2.65. The number of hydrogen-bond acceptors (Lipinski definition) is 3. The zero-order valence-corrected chi connectivity index (χ0v) is 13.0. The van der Waals surface area contributed by atoms with Gasteiger partial charge in [0.2, 0.25) is 0 Å². The van der Waals surface area contributed by atoms with Crippen molar-refractivity contribution >= 4 is 0 Å². The van der Waals surface area contributed by atoms with Crippen LogP contribution in [0.25, 0.3) is 0 Å². The highest BCUT2D eigenvalue weighted by Crippen LogP contribution is 2.25. The van der Waals surface area contributed by atoms with Crippen molar-refractivity contribution in [2.75, 3.05) is 13.2 Å². The molecule has 0 amide bonds. The molecule has 1 fully saturated rings. The first-order chi connectivity index (χ1) is 9.11. The molecule has 3 heteroatoms. The summed E-state index contributed by atoms with van der Waals surface area (Å²) in [7, 11) is 0. The third-order valence-electron chi connectivity index (χ3n) is 4.18. The highest BCUT2D eigenvalue weighted by molar-refractivity contribution is 4.71. The van der Waals surface area contributed by atoms with E-state index in [4.69, 9.17) is 4.74 Å². The van der Waals surface area contributed by atoms with E-state index in [0.29, 0.717) is 25.3 Å². The van der Waals surface area contributed by atoms with E-state index in [-0.39, 0.29) is 6.10 Å². The Labute approximate surface area is 119 Å². The summed E-state index contributed by atoms with van der Waals surface area (Å²) in [6.45, 7) is 7.83. The second kappa shape index (κ2) is 9.73. The van der Waals surface area contributed by atoms with Crippen LogP contribution in [0.1, 0.15) is 65.7 Å². The third-order valence-corrected chi connectivity index (χ3v) is 4.18. The van der Waals surface area contributed by atoms with Crippen molar-refractivity contribution in [1.82, 2.24) is 5.32 Å². The molecule has 0 aromatic heterocycles. The van der Waals surface area contributed by atoms with E-state index in [0.717, 1.165) is 18.8 Å². The second-order valence-corrected chi connectivity index (χ2v) is 6.32. The maximum absolute atomic E-state index is 9.92. The third kappa shape index (κ3) is 7.91. The van der Waals surface area contributed by atoms with Crippen LogP contribution in [0.3, 0.4) is 0 Å². The molecule has 1 saturated carbocycles. The minimum atomic E-state index is -0.372. The van der Waals surface area contributed by atoms with Gasteiger partial charge in [0.25, 0.3) is 0 Å². The average Bonchev–Trinajstić information content (AvgIpc) is 2.42. The molecule has 0 radical (unpaired) electrons. The van der Waals surface area contributed by atoms with Crippen LogP contribution in [-0.2, 0) is 4.74 Å². The summed E-state index contributed by atoms with van der Waals surface area (Å²) in [5, 5.41) is 13.3. The number of aliphatic hydroxyl groups is 1. The van der Waals surface area contributed by atoms with Gasteiger partial charge in [-0.25, -0.2) is 0 Å². The Balaban J connectivity index is 2.02. The summed E-state index contributed by atoms with van der Waals surface area (Å²) in [4.78, 5) is 0. The molecule has 2 unspecified atom stereocenters. The number of nitrogens with one attached hydrogen (secondary N) is 1. The summed E-state index contributed by atoms with van der Waals surface area (Å²) in [6, 6.07) is 0.491. The van der Waals surface area contributed by atoms with E-state index in [2.05, 4.69) is 26.1 Å².